The summed E-state index contributed by atoms with van der Waals surface area (Å²) in [5.41, 5.74) is 0.288. The van der Waals surface area contributed by atoms with E-state index in [1.54, 1.807) is 0 Å². The predicted molar refractivity (Wildman–Crippen MR) is 67.0 cm³/mol. The van der Waals surface area contributed by atoms with Crippen LogP contribution in [0.4, 0.5) is 13.2 Å². The highest BCUT2D eigenvalue weighted by atomic mass is 35.5. The fourth-order valence-corrected chi connectivity index (χ4v) is 2.04. The summed E-state index contributed by atoms with van der Waals surface area (Å²) in [5, 5.41) is -0.976. The Morgan fingerprint density at radius 1 is 1.05 bits per heavy atom. The van der Waals surface area contributed by atoms with E-state index in [4.69, 9.17) is 16.3 Å². The van der Waals surface area contributed by atoms with E-state index in [-0.39, 0.29) is 11.3 Å². The molecule has 0 aromatic heterocycles. The van der Waals surface area contributed by atoms with E-state index < -0.39 is 22.8 Å². The fraction of sp³-hybridized carbons (Fsp3) is 0.143. The lowest BCUT2D eigenvalue weighted by Gasteiger charge is -2.12. The maximum absolute atomic E-state index is 13.6. The van der Waals surface area contributed by atoms with Gasteiger partial charge in [0.25, 0.3) is 0 Å². The molecule has 0 heterocycles. The molecule has 0 spiro atoms. The van der Waals surface area contributed by atoms with Crippen molar-refractivity contribution in [2.24, 2.45) is 0 Å². The Hall–Kier alpha value is -1.68. The minimum Gasteiger partial charge on any atom is -0.494 e. The number of hydrogen-bond acceptors (Lipinski definition) is 1. The van der Waals surface area contributed by atoms with Gasteiger partial charge in [-0.3, -0.25) is 0 Å². The van der Waals surface area contributed by atoms with Gasteiger partial charge in [-0.2, -0.15) is 0 Å². The standard InChI is InChI=1S/C14H10ClF3O/c1-19-12-6-5-8(7-11(12)17)13(15)9-3-2-4-10(16)14(9)18/h2-7,13H,1H3. The molecule has 0 saturated heterocycles. The molecule has 0 bridgehead atoms. The van der Waals surface area contributed by atoms with Crippen LogP contribution in [-0.4, -0.2) is 7.11 Å². The van der Waals surface area contributed by atoms with Crippen molar-refractivity contribution in [3.8, 4) is 5.75 Å². The third-order valence-corrected chi connectivity index (χ3v) is 3.21. The van der Waals surface area contributed by atoms with Gasteiger partial charge in [0.05, 0.1) is 12.5 Å². The van der Waals surface area contributed by atoms with Crippen LogP contribution in [0.5, 0.6) is 5.75 Å². The Kier molecular flexibility index (Phi) is 4.00. The largest absolute Gasteiger partial charge is 0.494 e. The van der Waals surface area contributed by atoms with E-state index in [1.165, 1.54) is 31.4 Å². The van der Waals surface area contributed by atoms with Gasteiger partial charge in [-0.25, -0.2) is 13.2 Å². The highest BCUT2D eigenvalue weighted by molar-refractivity contribution is 6.22. The summed E-state index contributed by atoms with van der Waals surface area (Å²) < 4.78 is 45.1. The molecule has 0 aliphatic rings. The fourth-order valence-electron chi connectivity index (χ4n) is 1.74. The van der Waals surface area contributed by atoms with E-state index >= 15 is 0 Å². The molecule has 0 fully saturated rings. The average Bonchev–Trinajstić information content (AvgIpc) is 2.41. The summed E-state index contributed by atoms with van der Waals surface area (Å²) in [6, 6.07) is 7.74. The van der Waals surface area contributed by atoms with Crippen LogP contribution in [0.25, 0.3) is 0 Å². The molecule has 1 atom stereocenters. The first kappa shape index (κ1) is 13.7. The second kappa shape index (κ2) is 5.53. The van der Waals surface area contributed by atoms with Crippen molar-refractivity contribution >= 4 is 11.6 Å². The number of methoxy groups -OCH3 is 1. The van der Waals surface area contributed by atoms with Gasteiger partial charge in [0, 0.05) is 5.56 Å². The minimum absolute atomic E-state index is 0.0359. The molecule has 2 rings (SSSR count). The van der Waals surface area contributed by atoms with Crippen molar-refractivity contribution in [3.05, 3.63) is 65.0 Å². The lowest BCUT2D eigenvalue weighted by atomic mass is 10.0. The predicted octanol–water partition coefficient (Wildman–Crippen LogP) is 4.44. The molecule has 0 saturated carbocycles. The Labute approximate surface area is 113 Å². The summed E-state index contributed by atoms with van der Waals surface area (Å²) in [6.07, 6.45) is 0. The van der Waals surface area contributed by atoms with Gasteiger partial charge in [-0.05, 0) is 23.8 Å². The summed E-state index contributed by atoms with van der Waals surface area (Å²) >= 11 is 6.06. The zero-order valence-corrected chi connectivity index (χ0v) is 10.7. The van der Waals surface area contributed by atoms with E-state index in [2.05, 4.69) is 0 Å². The second-order valence-corrected chi connectivity index (χ2v) is 4.34. The molecule has 2 aromatic rings. The Morgan fingerprint density at radius 2 is 1.79 bits per heavy atom. The Balaban J connectivity index is 2.41. The topological polar surface area (TPSA) is 9.23 Å². The summed E-state index contributed by atoms with van der Waals surface area (Å²) in [6.45, 7) is 0. The SMILES string of the molecule is COc1ccc(C(Cl)c2cccc(F)c2F)cc1F. The van der Waals surface area contributed by atoms with Crippen molar-refractivity contribution in [1.29, 1.82) is 0 Å². The molecule has 100 valence electrons. The molecule has 2 aromatic carbocycles. The molecule has 0 amide bonds. The van der Waals surface area contributed by atoms with Crippen LogP contribution in [0.15, 0.2) is 36.4 Å². The normalized spacial score (nSPS) is 12.3. The van der Waals surface area contributed by atoms with Crippen LogP contribution in [0.3, 0.4) is 0 Å². The van der Waals surface area contributed by atoms with Crippen LogP contribution in [0.1, 0.15) is 16.5 Å². The van der Waals surface area contributed by atoms with Crippen molar-refractivity contribution in [3.63, 3.8) is 0 Å². The number of alkyl halides is 1. The monoisotopic (exact) mass is 286 g/mol. The summed E-state index contributed by atoms with van der Waals surface area (Å²) in [5.74, 6) is -2.56. The van der Waals surface area contributed by atoms with Crippen LogP contribution >= 0.6 is 11.6 Å². The van der Waals surface area contributed by atoms with Crippen molar-refractivity contribution in [2.75, 3.05) is 7.11 Å². The van der Waals surface area contributed by atoms with Gasteiger partial charge < -0.3 is 4.74 Å². The molecule has 19 heavy (non-hydrogen) atoms. The molecule has 0 aliphatic carbocycles. The van der Waals surface area contributed by atoms with Gasteiger partial charge in [0.15, 0.2) is 23.2 Å². The van der Waals surface area contributed by atoms with Crippen LogP contribution in [0.2, 0.25) is 0 Å². The number of hydrogen-bond donors (Lipinski definition) is 0. The zero-order valence-electron chi connectivity index (χ0n) is 9.96. The van der Waals surface area contributed by atoms with Crippen molar-refractivity contribution in [1.82, 2.24) is 0 Å². The zero-order chi connectivity index (χ0) is 14.0. The Morgan fingerprint density at radius 3 is 2.42 bits per heavy atom. The first-order valence-corrected chi connectivity index (χ1v) is 5.89. The van der Waals surface area contributed by atoms with Gasteiger partial charge in [0.1, 0.15) is 0 Å². The lowest BCUT2D eigenvalue weighted by Crippen LogP contribution is -2.00. The Bertz CT molecular complexity index is 601. The first-order chi connectivity index (χ1) is 9.04. The number of benzene rings is 2. The smallest absolute Gasteiger partial charge is 0.165 e. The van der Waals surface area contributed by atoms with E-state index in [1.807, 2.05) is 0 Å². The summed E-state index contributed by atoms with van der Waals surface area (Å²) in [4.78, 5) is 0. The molecule has 0 N–H and O–H groups in total. The van der Waals surface area contributed by atoms with E-state index in [9.17, 15) is 13.2 Å². The van der Waals surface area contributed by atoms with Gasteiger partial charge in [-0.15, -0.1) is 11.6 Å². The first-order valence-electron chi connectivity index (χ1n) is 5.46. The highest BCUT2D eigenvalue weighted by Gasteiger charge is 2.19. The highest BCUT2D eigenvalue weighted by Crippen LogP contribution is 2.33. The maximum Gasteiger partial charge on any atom is 0.165 e. The van der Waals surface area contributed by atoms with Crippen LogP contribution in [0, 0.1) is 17.5 Å². The second-order valence-electron chi connectivity index (χ2n) is 3.90. The van der Waals surface area contributed by atoms with E-state index in [0.717, 1.165) is 12.1 Å². The van der Waals surface area contributed by atoms with Crippen molar-refractivity contribution in [2.45, 2.75) is 5.38 Å². The number of ether oxygens (including phenoxy) is 1. The lowest BCUT2D eigenvalue weighted by molar-refractivity contribution is 0.386. The van der Waals surface area contributed by atoms with Gasteiger partial charge in [-0.1, -0.05) is 18.2 Å². The minimum atomic E-state index is -1.03. The van der Waals surface area contributed by atoms with Crippen molar-refractivity contribution < 1.29 is 17.9 Å². The number of rotatable bonds is 3. The molecule has 0 aliphatic heterocycles. The van der Waals surface area contributed by atoms with Gasteiger partial charge in [0.2, 0.25) is 0 Å². The molecule has 1 nitrogen and oxygen atoms in total. The molecular weight excluding hydrogens is 277 g/mol. The number of halogens is 4. The summed E-state index contributed by atoms with van der Waals surface area (Å²) in [7, 11) is 1.34. The molecule has 1 unspecified atom stereocenters. The van der Waals surface area contributed by atoms with Crippen LogP contribution < -0.4 is 4.74 Å². The molecule has 5 heteroatoms. The van der Waals surface area contributed by atoms with E-state index in [0.29, 0.717) is 5.56 Å². The van der Waals surface area contributed by atoms with Gasteiger partial charge >= 0.3 is 0 Å². The van der Waals surface area contributed by atoms with Crippen LogP contribution in [-0.2, 0) is 0 Å². The quantitative estimate of drug-likeness (QED) is 0.758. The molecule has 0 radical (unpaired) electrons. The third-order valence-electron chi connectivity index (χ3n) is 2.72. The third kappa shape index (κ3) is 2.68. The average molecular weight is 287 g/mol. The maximum atomic E-state index is 13.6. The molecular formula is C14H10ClF3O.